The maximum Gasteiger partial charge on any atom is 0.191 e. The van der Waals surface area contributed by atoms with E-state index in [1.165, 1.54) is 11.1 Å². The highest BCUT2D eigenvalue weighted by molar-refractivity contribution is 14.0. The molecule has 6 nitrogen and oxygen atoms in total. The molecule has 0 amide bonds. The minimum atomic E-state index is 0. The Bertz CT molecular complexity index is 839. The summed E-state index contributed by atoms with van der Waals surface area (Å²) in [4.78, 5) is 9.13. The summed E-state index contributed by atoms with van der Waals surface area (Å²) in [6.07, 6.45) is 4.84. The lowest BCUT2D eigenvalue weighted by Gasteiger charge is -2.23. The van der Waals surface area contributed by atoms with Crippen LogP contribution in [0.2, 0.25) is 0 Å². The van der Waals surface area contributed by atoms with E-state index < -0.39 is 0 Å². The second-order valence-electron chi connectivity index (χ2n) is 8.43. The Morgan fingerprint density at radius 1 is 1.28 bits per heavy atom. The van der Waals surface area contributed by atoms with Crippen LogP contribution >= 0.6 is 24.0 Å². The molecule has 2 heterocycles. The highest BCUT2D eigenvalue weighted by Crippen LogP contribution is 2.25. The van der Waals surface area contributed by atoms with Crippen molar-refractivity contribution in [3.05, 3.63) is 59.4 Å². The number of ether oxygens (including phenoxy) is 2. The van der Waals surface area contributed by atoms with Crippen LogP contribution in [-0.2, 0) is 11.3 Å². The van der Waals surface area contributed by atoms with E-state index in [2.05, 4.69) is 67.6 Å². The first-order chi connectivity index (χ1) is 15.1. The molecule has 1 fully saturated rings. The number of aromatic nitrogens is 1. The molecule has 0 radical (unpaired) electrons. The second kappa shape index (κ2) is 13.6. The molecule has 3 rings (SSSR count). The molecule has 32 heavy (non-hydrogen) atoms. The smallest absolute Gasteiger partial charge is 0.191 e. The summed E-state index contributed by atoms with van der Waals surface area (Å²) in [5, 5.41) is 6.89. The van der Waals surface area contributed by atoms with Crippen LogP contribution in [0.1, 0.15) is 49.8 Å². The average Bonchev–Trinajstić information content (AvgIpc) is 3.27. The van der Waals surface area contributed by atoms with Crippen molar-refractivity contribution in [2.45, 2.75) is 52.7 Å². The Morgan fingerprint density at radius 2 is 2.12 bits per heavy atom. The Labute approximate surface area is 209 Å². The number of benzene rings is 1. The van der Waals surface area contributed by atoms with Crippen molar-refractivity contribution in [3.63, 3.8) is 0 Å². The lowest BCUT2D eigenvalue weighted by atomic mass is 9.89. The number of aryl methyl sites for hydroxylation is 1. The molecule has 1 aromatic carbocycles. The van der Waals surface area contributed by atoms with Crippen molar-refractivity contribution in [2.75, 3.05) is 26.3 Å². The number of aliphatic imine (C=N–C) groups is 1. The lowest BCUT2D eigenvalue weighted by Crippen LogP contribution is -2.40. The number of rotatable bonds is 9. The average molecular weight is 553 g/mol. The van der Waals surface area contributed by atoms with Crippen molar-refractivity contribution in [2.24, 2.45) is 10.9 Å². The fourth-order valence-electron chi connectivity index (χ4n) is 3.73. The minimum Gasteiger partial charge on any atom is -0.488 e. The van der Waals surface area contributed by atoms with E-state index in [-0.39, 0.29) is 30.1 Å². The van der Waals surface area contributed by atoms with Gasteiger partial charge in [0.2, 0.25) is 0 Å². The quantitative estimate of drug-likeness (QED) is 0.269. The van der Waals surface area contributed by atoms with Gasteiger partial charge in [0.25, 0.3) is 0 Å². The third-order valence-corrected chi connectivity index (χ3v) is 5.56. The van der Waals surface area contributed by atoms with Crippen molar-refractivity contribution < 1.29 is 9.47 Å². The van der Waals surface area contributed by atoms with Crippen LogP contribution in [0, 0.1) is 12.8 Å². The molecule has 1 aliphatic heterocycles. The third kappa shape index (κ3) is 7.92. The SMILES string of the molecule is CCNC(=NCc1ccc(C)cc1OC1CCOC1)NCC(c1cccnc1)C(C)C.I. The third-order valence-electron chi connectivity index (χ3n) is 5.56. The number of halogens is 1. The highest BCUT2D eigenvalue weighted by Gasteiger charge is 2.19. The molecular weight excluding hydrogens is 515 g/mol. The van der Waals surface area contributed by atoms with Crippen LogP contribution in [0.15, 0.2) is 47.7 Å². The predicted octanol–water partition coefficient (Wildman–Crippen LogP) is 4.67. The van der Waals surface area contributed by atoms with E-state index in [9.17, 15) is 0 Å². The van der Waals surface area contributed by atoms with Crippen LogP contribution in [0.5, 0.6) is 5.75 Å². The van der Waals surface area contributed by atoms with Gasteiger partial charge in [0.05, 0.1) is 19.8 Å². The molecule has 2 N–H and O–H groups in total. The summed E-state index contributed by atoms with van der Waals surface area (Å²) in [5.74, 6) is 2.57. The minimum absolute atomic E-state index is 0. The second-order valence-corrected chi connectivity index (χ2v) is 8.43. The van der Waals surface area contributed by atoms with Crippen molar-refractivity contribution in [3.8, 4) is 5.75 Å². The fourth-order valence-corrected chi connectivity index (χ4v) is 3.73. The monoisotopic (exact) mass is 552 g/mol. The van der Waals surface area contributed by atoms with Crippen LogP contribution < -0.4 is 15.4 Å². The molecule has 2 unspecified atom stereocenters. The molecule has 1 aromatic heterocycles. The van der Waals surface area contributed by atoms with Gasteiger partial charge in [-0.3, -0.25) is 4.98 Å². The molecule has 1 aliphatic rings. The zero-order valence-corrected chi connectivity index (χ0v) is 22.0. The maximum absolute atomic E-state index is 6.23. The lowest BCUT2D eigenvalue weighted by molar-refractivity contribution is 0.140. The molecule has 2 atom stereocenters. The predicted molar refractivity (Wildman–Crippen MR) is 141 cm³/mol. The number of hydrogen-bond donors (Lipinski definition) is 2. The molecule has 0 spiro atoms. The van der Waals surface area contributed by atoms with Crippen molar-refractivity contribution >= 4 is 29.9 Å². The summed E-state index contributed by atoms with van der Waals surface area (Å²) < 4.78 is 11.7. The summed E-state index contributed by atoms with van der Waals surface area (Å²) in [5.41, 5.74) is 3.51. The molecule has 2 aromatic rings. The van der Waals surface area contributed by atoms with Gasteiger partial charge >= 0.3 is 0 Å². The van der Waals surface area contributed by atoms with Gasteiger partial charge in [-0.1, -0.05) is 32.0 Å². The van der Waals surface area contributed by atoms with Gasteiger partial charge in [0.1, 0.15) is 11.9 Å². The van der Waals surface area contributed by atoms with Gasteiger partial charge in [-0.05, 0) is 43.0 Å². The standard InChI is InChI=1S/C25H36N4O2.HI/c1-5-27-25(29-16-23(18(2)3)20-7-6-11-26-14-20)28-15-21-9-8-19(4)13-24(21)31-22-10-12-30-17-22;/h6-9,11,13-14,18,22-23H,5,10,12,15-17H2,1-4H3,(H2,27,28,29);1H. The van der Waals surface area contributed by atoms with Gasteiger partial charge in [-0.15, -0.1) is 24.0 Å². The number of pyridine rings is 1. The van der Waals surface area contributed by atoms with Crippen molar-refractivity contribution in [1.82, 2.24) is 15.6 Å². The van der Waals surface area contributed by atoms with Crippen LogP contribution in [-0.4, -0.2) is 43.4 Å². The summed E-state index contributed by atoms with van der Waals surface area (Å²) in [6.45, 7) is 12.2. The van der Waals surface area contributed by atoms with Crippen LogP contribution in [0.3, 0.4) is 0 Å². The summed E-state index contributed by atoms with van der Waals surface area (Å²) >= 11 is 0. The van der Waals surface area contributed by atoms with Gasteiger partial charge in [0.15, 0.2) is 5.96 Å². The Balaban J connectivity index is 0.00000363. The topological polar surface area (TPSA) is 67.8 Å². The number of nitrogens with zero attached hydrogens (tertiary/aromatic N) is 2. The van der Waals surface area contributed by atoms with Crippen LogP contribution in [0.25, 0.3) is 0 Å². The fraction of sp³-hybridized carbons (Fsp3) is 0.520. The van der Waals surface area contributed by atoms with Gasteiger partial charge in [-0.25, -0.2) is 4.99 Å². The summed E-state index contributed by atoms with van der Waals surface area (Å²) in [7, 11) is 0. The molecule has 0 bridgehead atoms. The zero-order chi connectivity index (χ0) is 22.1. The molecule has 1 saturated heterocycles. The number of guanidine groups is 1. The number of hydrogen-bond acceptors (Lipinski definition) is 4. The van der Waals surface area contributed by atoms with E-state index in [1.54, 1.807) is 0 Å². The van der Waals surface area contributed by atoms with E-state index in [4.69, 9.17) is 14.5 Å². The van der Waals surface area contributed by atoms with E-state index in [0.29, 0.717) is 25.0 Å². The summed E-state index contributed by atoms with van der Waals surface area (Å²) in [6, 6.07) is 10.5. The van der Waals surface area contributed by atoms with E-state index in [0.717, 1.165) is 43.4 Å². The van der Waals surface area contributed by atoms with Gasteiger partial charge in [0, 0.05) is 43.4 Å². The first kappa shape index (κ1) is 26.4. The van der Waals surface area contributed by atoms with E-state index >= 15 is 0 Å². The maximum atomic E-state index is 6.23. The Kier molecular flexibility index (Phi) is 11.2. The van der Waals surface area contributed by atoms with Crippen molar-refractivity contribution in [1.29, 1.82) is 0 Å². The molecule has 0 aliphatic carbocycles. The molecular formula is C25H37IN4O2. The van der Waals surface area contributed by atoms with E-state index in [1.807, 2.05) is 18.5 Å². The van der Waals surface area contributed by atoms with Gasteiger partial charge in [-0.2, -0.15) is 0 Å². The van der Waals surface area contributed by atoms with Gasteiger partial charge < -0.3 is 20.1 Å². The normalized spacial score (nSPS) is 17.0. The Morgan fingerprint density at radius 3 is 2.78 bits per heavy atom. The largest absolute Gasteiger partial charge is 0.488 e. The Hall–Kier alpha value is -1.87. The first-order valence-electron chi connectivity index (χ1n) is 11.3. The zero-order valence-electron chi connectivity index (χ0n) is 19.6. The van der Waals surface area contributed by atoms with Crippen LogP contribution in [0.4, 0.5) is 0 Å². The molecule has 176 valence electrons. The molecule has 0 saturated carbocycles. The highest BCUT2D eigenvalue weighted by atomic mass is 127. The number of nitrogens with one attached hydrogen (secondary N) is 2. The molecule has 7 heteroatoms. The first-order valence-corrected chi connectivity index (χ1v) is 11.3.